The maximum Gasteiger partial charge on any atom is 0.330 e. The molecule has 16 heavy (non-hydrogen) atoms. The molecule has 4 nitrogen and oxygen atoms in total. The Kier molecular flexibility index (Phi) is 2.99. The molecule has 0 aromatic carbocycles. The second kappa shape index (κ2) is 4.28. The van der Waals surface area contributed by atoms with Gasteiger partial charge in [0, 0.05) is 6.08 Å². The first-order valence-corrected chi connectivity index (χ1v) is 5.74. The molecule has 0 saturated heterocycles. The number of carbonyl (C=O) groups is 2. The van der Waals surface area contributed by atoms with E-state index in [-0.39, 0.29) is 18.5 Å². The van der Waals surface area contributed by atoms with Crippen LogP contribution >= 0.6 is 0 Å². The molecular formula is C12H16O4. The number of hydrogen-bond acceptors (Lipinski definition) is 4. The summed E-state index contributed by atoms with van der Waals surface area (Å²) in [5, 5.41) is 0. The Morgan fingerprint density at radius 1 is 1.56 bits per heavy atom. The van der Waals surface area contributed by atoms with Crippen molar-refractivity contribution in [1.29, 1.82) is 0 Å². The van der Waals surface area contributed by atoms with Crippen LogP contribution in [0.15, 0.2) is 11.6 Å². The van der Waals surface area contributed by atoms with Crippen LogP contribution < -0.4 is 0 Å². The second-order valence-corrected chi connectivity index (χ2v) is 4.29. The van der Waals surface area contributed by atoms with Crippen molar-refractivity contribution in [2.75, 3.05) is 13.2 Å². The molecule has 1 saturated carbocycles. The van der Waals surface area contributed by atoms with E-state index in [9.17, 15) is 9.59 Å². The average Bonchev–Trinajstić information content (AvgIpc) is 2.29. The van der Waals surface area contributed by atoms with Gasteiger partial charge in [0.1, 0.15) is 12.0 Å². The highest BCUT2D eigenvalue weighted by atomic mass is 16.6. The van der Waals surface area contributed by atoms with E-state index >= 15 is 0 Å². The minimum Gasteiger partial charge on any atom is -0.465 e. The van der Waals surface area contributed by atoms with E-state index in [2.05, 4.69) is 0 Å². The van der Waals surface area contributed by atoms with E-state index in [1.807, 2.05) is 0 Å². The van der Waals surface area contributed by atoms with Gasteiger partial charge < -0.3 is 9.47 Å². The zero-order valence-corrected chi connectivity index (χ0v) is 9.45. The predicted molar refractivity (Wildman–Crippen MR) is 56.6 cm³/mol. The van der Waals surface area contributed by atoms with Gasteiger partial charge in [0.2, 0.25) is 0 Å². The van der Waals surface area contributed by atoms with Gasteiger partial charge in [-0.15, -0.1) is 0 Å². The fraction of sp³-hybridized carbons (Fsp3) is 0.667. The van der Waals surface area contributed by atoms with Gasteiger partial charge >= 0.3 is 11.9 Å². The fourth-order valence-corrected chi connectivity index (χ4v) is 2.46. The lowest BCUT2D eigenvalue weighted by Gasteiger charge is -2.38. The van der Waals surface area contributed by atoms with Crippen LogP contribution in [0.3, 0.4) is 0 Å². The summed E-state index contributed by atoms with van der Waals surface area (Å²) in [5.41, 5.74) is 0.218. The molecule has 0 aromatic rings. The molecule has 1 fully saturated rings. The SMILES string of the molecule is CCOC(=O)C12CCCCC1=CC(=O)OC2. The van der Waals surface area contributed by atoms with Crippen LogP contribution in [-0.2, 0) is 19.1 Å². The van der Waals surface area contributed by atoms with E-state index in [1.54, 1.807) is 6.92 Å². The molecular weight excluding hydrogens is 208 g/mol. The number of fused-ring (bicyclic) bond motifs is 1. The van der Waals surface area contributed by atoms with Crippen molar-refractivity contribution in [2.45, 2.75) is 32.6 Å². The minimum atomic E-state index is -0.678. The Hall–Kier alpha value is -1.32. The van der Waals surface area contributed by atoms with Crippen molar-refractivity contribution in [3.8, 4) is 0 Å². The number of hydrogen-bond donors (Lipinski definition) is 0. The Morgan fingerprint density at radius 3 is 3.12 bits per heavy atom. The summed E-state index contributed by atoms with van der Waals surface area (Å²) in [5.74, 6) is -0.578. The molecule has 0 aromatic heterocycles. The number of ether oxygens (including phenoxy) is 2. The molecule has 88 valence electrons. The number of carbonyl (C=O) groups excluding carboxylic acids is 2. The first-order valence-electron chi connectivity index (χ1n) is 5.74. The molecule has 2 rings (SSSR count). The summed E-state index contributed by atoms with van der Waals surface area (Å²) >= 11 is 0. The minimum absolute atomic E-state index is 0.149. The summed E-state index contributed by atoms with van der Waals surface area (Å²) in [4.78, 5) is 23.2. The monoisotopic (exact) mass is 224 g/mol. The third-order valence-corrected chi connectivity index (χ3v) is 3.33. The van der Waals surface area contributed by atoms with Gasteiger partial charge in [0.05, 0.1) is 6.61 Å². The van der Waals surface area contributed by atoms with E-state index in [0.717, 1.165) is 31.3 Å². The number of esters is 2. The van der Waals surface area contributed by atoms with Crippen LogP contribution in [0.2, 0.25) is 0 Å². The zero-order valence-electron chi connectivity index (χ0n) is 9.45. The summed E-state index contributed by atoms with van der Waals surface area (Å²) in [6, 6.07) is 0. The summed E-state index contributed by atoms with van der Waals surface area (Å²) in [6.45, 7) is 2.30. The smallest absolute Gasteiger partial charge is 0.330 e. The molecule has 2 aliphatic rings. The van der Waals surface area contributed by atoms with Crippen molar-refractivity contribution in [1.82, 2.24) is 0 Å². The van der Waals surface area contributed by atoms with Crippen molar-refractivity contribution >= 4 is 11.9 Å². The zero-order chi connectivity index (χ0) is 11.6. The summed E-state index contributed by atoms with van der Waals surface area (Å²) < 4.78 is 10.1. The molecule has 4 heteroatoms. The van der Waals surface area contributed by atoms with Gasteiger partial charge in [-0.05, 0) is 31.8 Å². The fourth-order valence-electron chi connectivity index (χ4n) is 2.46. The van der Waals surface area contributed by atoms with E-state index in [0.29, 0.717) is 6.61 Å². The summed E-state index contributed by atoms with van der Waals surface area (Å²) in [6.07, 6.45) is 5.01. The molecule has 0 bridgehead atoms. The molecule has 1 unspecified atom stereocenters. The quantitative estimate of drug-likeness (QED) is 0.668. The molecule has 1 heterocycles. The third-order valence-electron chi connectivity index (χ3n) is 3.33. The highest BCUT2D eigenvalue weighted by Crippen LogP contribution is 2.44. The van der Waals surface area contributed by atoms with Crippen LogP contribution in [-0.4, -0.2) is 25.2 Å². The molecule has 0 amide bonds. The number of cyclic esters (lactones) is 1. The standard InChI is InChI=1S/C12H16O4/c1-2-15-11(14)12-6-4-3-5-9(12)7-10(13)16-8-12/h7H,2-6,8H2,1H3. The normalized spacial score (nSPS) is 28.8. The molecule has 1 aliphatic heterocycles. The van der Waals surface area contributed by atoms with Crippen LogP contribution in [0.1, 0.15) is 32.6 Å². The first kappa shape index (κ1) is 11.2. The Labute approximate surface area is 94.6 Å². The van der Waals surface area contributed by atoms with Crippen molar-refractivity contribution < 1.29 is 19.1 Å². The largest absolute Gasteiger partial charge is 0.465 e. The van der Waals surface area contributed by atoms with E-state index < -0.39 is 5.41 Å². The average molecular weight is 224 g/mol. The molecule has 0 radical (unpaired) electrons. The van der Waals surface area contributed by atoms with Gasteiger partial charge in [-0.2, -0.15) is 0 Å². The summed E-state index contributed by atoms with van der Waals surface area (Å²) in [7, 11) is 0. The lowest BCUT2D eigenvalue weighted by Crippen LogP contribution is -2.44. The Morgan fingerprint density at radius 2 is 2.38 bits per heavy atom. The van der Waals surface area contributed by atoms with Crippen molar-refractivity contribution in [3.63, 3.8) is 0 Å². The molecule has 1 atom stereocenters. The molecule has 0 spiro atoms. The van der Waals surface area contributed by atoms with E-state index in [4.69, 9.17) is 9.47 Å². The first-order chi connectivity index (χ1) is 7.69. The second-order valence-electron chi connectivity index (χ2n) is 4.29. The topological polar surface area (TPSA) is 52.6 Å². The lowest BCUT2D eigenvalue weighted by atomic mass is 9.69. The maximum absolute atomic E-state index is 12.0. The molecule has 0 N–H and O–H groups in total. The van der Waals surface area contributed by atoms with Crippen LogP contribution in [0, 0.1) is 5.41 Å². The van der Waals surface area contributed by atoms with Crippen molar-refractivity contribution in [2.24, 2.45) is 5.41 Å². The highest BCUT2D eigenvalue weighted by Gasteiger charge is 2.48. The lowest BCUT2D eigenvalue weighted by molar-refractivity contribution is -0.162. The maximum atomic E-state index is 12.0. The number of rotatable bonds is 2. The third kappa shape index (κ3) is 1.72. The predicted octanol–water partition coefficient (Wildman–Crippen LogP) is 1.59. The van der Waals surface area contributed by atoms with Gasteiger partial charge in [0.25, 0.3) is 0 Å². The van der Waals surface area contributed by atoms with E-state index in [1.165, 1.54) is 6.08 Å². The van der Waals surface area contributed by atoms with Gasteiger partial charge in [-0.1, -0.05) is 6.42 Å². The van der Waals surface area contributed by atoms with Gasteiger partial charge in [-0.25, -0.2) is 4.79 Å². The van der Waals surface area contributed by atoms with Crippen molar-refractivity contribution in [3.05, 3.63) is 11.6 Å². The Bertz CT molecular complexity index is 345. The van der Waals surface area contributed by atoms with Gasteiger partial charge in [0.15, 0.2) is 0 Å². The Balaban J connectivity index is 2.30. The van der Waals surface area contributed by atoms with Crippen LogP contribution in [0.4, 0.5) is 0 Å². The molecule has 1 aliphatic carbocycles. The highest BCUT2D eigenvalue weighted by molar-refractivity contribution is 5.90. The van der Waals surface area contributed by atoms with Crippen LogP contribution in [0.5, 0.6) is 0 Å². The van der Waals surface area contributed by atoms with Gasteiger partial charge in [-0.3, -0.25) is 4.79 Å². The van der Waals surface area contributed by atoms with Crippen LogP contribution in [0.25, 0.3) is 0 Å².